The van der Waals surface area contributed by atoms with E-state index in [1.54, 1.807) is 13.1 Å². The van der Waals surface area contributed by atoms with Gasteiger partial charge in [0.2, 0.25) is 5.82 Å². The van der Waals surface area contributed by atoms with Crippen LogP contribution in [0.25, 0.3) is 0 Å². The predicted molar refractivity (Wildman–Crippen MR) is 75.6 cm³/mol. The Morgan fingerprint density at radius 2 is 2.38 bits per heavy atom. The molecule has 3 rings (SSSR count). The third kappa shape index (κ3) is 2.15. The summed E-state index contributed by atoms with van der Waals surface area (Å²) in [4.78, 5) is 24.7. The van der Waals surface area contributed by atoms with Crippen molar-refractivity contribution >= 4 is 28.8 Å². The standard InChI is InChI=1S/C12H12N4O4S/c1-14-6-8(16(19)20)11(13-14)15-4-2-9-7(3-5-21-9)10(15)12(17)18/h3,5-6,10H,2,4H2,1H3,(H,17,18). The van der Waals surface area contributed by atoms with Crippen LogP contribution in [0, 0.1) is 10.1 Å². The van der Waals surface area contributed by atoms with E-state index in [-0.39, 0.29) is 11.5 Å². The van der Waals surface area contributed by atoms with E-state index in [1.165, 1.54) is 27.1 Å². The monoisotopic (exact) mass is 308 g/mol. The molecule has 1 aliphatic heterocycles. The minimum Gasteiger partial charge on any atom is -0.479 e. The van der Waals surface area contributed by atoms with Gasteiger partial charge >= 0.3 is 11.7 Å². The van der Waals surface area contributed by atoms with Crippen LogP contribution in [0.2, 0.25) is 0 Å². The Balaban J connectivity index is 2.10. The molecule has 1 atom stereocenters. The number of aryl methyl sites for hydroxylation is 1. The van der Waals surface area contributed by atoms with E-state index >= 15 is 0 Å². The zero-order valence-corrected chi connectivity index (χ0v) is 11.9. The smallest absolute Gasteiger partial charge is 0.331 e. The van der Waals surface area contributed by atoms with Crippen LogP contribution in [0.4, 0.5) is 11.5 Å². The Morgan fingerprint density at radius 1 is 1.62 bits per heavy atom. The lowest BCUT2D eigenvalue weighted by molar-refractivity contribution is -0.384. The molecule has 0 amide bonds. The summed E-state index contributed by atoms with van der Waals surface area (Å²) in [5.41, 5.74) is 0.515. The fourth-order valence-electron chi connectivity index (χ4n) is 2.61. The molecule has 0 saturated carbocycles. The average Bonchev–Trinajstić information content (AvgIpc) is 3.02. The van der Waals surface area contributed by atoms with Crippen molar-refractivity contribution < 1.29 is 14.8 Å². The summed E-state index contributed by atoms with van der Waals surface area (Å²) >= 11 is 1.51. The lowest BCUT2D eigenvalue weighted by Crippen LogP contribution is -2.39. The van der Waals surface area contributed by atoms with E-state index in [0.717, 1.165) is 4.88 Å². The second-order valence-electron chi connectivity index (χ2n) is 4.75. The summed E-state index contributed by atoms with van der Waals surface area (Å²) < 4.78 is 1.33. The van der Waals surface area contributed by atoms with Gasteiger partial charge in [0.15, 0.2) is 6.04 Å². The van der Waals surface area contributed by atoms with Crippen LogP contribution in [0.1, 0.15) is 16.5 Å². The summed E-state index contributed by atoms with van der Waals surface area (Å²) in [5, 5.41) is 26.6. The van der Waals surface area contributed by atoms with Gasteiger partial charge in [-0.1, -0.05) is 0 Å². The van der Waals surface area contributed by atoms with Crippen LogP contribution in [-0.2, 0) is 18.3 Å². The molecule has 2 aromatic rings. The molecule has 2 aromatic heterocycles. The highest BCUT2D eigenvalue weighted by molar-refractivity contribution is 7.10. The Hall–Kier alpha value is -2.42. The SMILES string of the molecule is Cn1cc([N+](=O)[O-])c(N2CCc3sccc3C2C(=O)O)n1. The first kappa shape index (κ1) is 13.6. The number of thiophene rings is 1. The Bertz CT molecular complexity index is 723. The summed E-state index contributed by atoms with van der Waals surface area (Å²) in [6.45, 7) is 0.391. The summed E-state index contributed by atoms with van der Waals surface area (Å²) in [6, 6.07) is 0.827. The number of carbonyl (C=O) groups is 1. The van der Waals surface area contributed by atoms with Gasteiger partial charge in [0.25, 0.3) is 0 Å². The van der Waals surface area contributed by atoms with Crippen LogP contribution >= 0.6 is 11.3 Å². The number of nitrogens with zero attached hydrogens (tertiary/aromatic N) is 4. The lowest BCUT2D eigenvalue weighted by atomic mass is 10.00. The third-order valence-corrected chi connectivity index (χ3v) is 4.46. The van der Waals surface area contributed by atoms with Crippen molar-refractivity contribution in [2.75, 3.05) is 11.4 Å². The molecule has 0 bridgehead atoms. The molecule has 0 saturated heterocycles. The Morgan fingerprint density at radius 3 is 3.05 bits per heavy atom. The van der Waals surface area contributed by atoms with Gasteiger partial charge in [-0.05, 0) is 23.4 Å². The summed E-state index contributed by atoms with van der Waals surface area (Å²) in [7, 11) is 1.58. The zero-order chi connectivity index (χ0) is 15.1. The molecule has 8 nitrogen and oxygen atoms in total. The summed E-state index contributed by atoms with van der Waals surface area (Å²) in [6.07, 6.45) is 1.95. The first-order valence-electron chi connectivity index (χ1n) is 6.22. The fraction of sp³-hybridized carbons (Fsp3) is 0.333. The maximum absolute atomic E-state index is 11.6. The van der Waals surface area contributed by atoms with Crippen molar-refractivity contribution in [3.05, 3.63) is 38.2 Å². The van der Waals surface area contributed by atoms with Gasteiger partial charge in [-0.25, -0.2) is 4.79 Å². The maximum Gasteiger partial charge on any atom is 0.331 e. The van der Waals surface area contributed by atoms with Crippen LogP contribution < -0.4 is 4.90 Å². The van der Waals surface area contributed by atoms with E-state index in [0.29, 0.717) is 18.5 Å². The van der Waals surface area contributed by atoms with Crippen molar-refractivity contribution in [1.82, 2.24) is 9.78 Å². The minimum absolute atomic E-state index is 0.103. The van der Waals surface area contributed by atoms with Gasteiger partial charge < -0.3 is 10.0 Å². The maximum atomic E-state index is 11.6. The number of rotatable bonds is 3. The van der Waals surface area contributed by atoms with Gasteiger partial charge in [-0.15, -0.1) is 16.4 Å². The van der Waals surface area contributed by atoms with Crippen molar-refractivity contribution in [2.24, 2.45) is 7.05 Å². The molecule has 110 valence electrons. The van der Waals surface area contributed by atoms with Crippen molar-refractivity contribution in [3.63, 3.8) is 0 Å². The van der Waals surface area contributed by atoms with Crippen LogP contribution in [0.5, 0.6) is 0 Å². The Labute approximate surface area is 123 Å². The van der Waals surface area contributed by atoms with Crippen LogP contribution in [0.15, 0.2) is 17.6 Å². The fourth-order valence-corrected chi connectivity index (χ4v) is 3.51. The molecule has 0 fully saturated rings. The van der Waals surface area contributed by atoms with Crippen LogP contribution in [-0.4, -0.2) is 32.3 Å². The largest absolute Gasteiger partial charge is 0.479 e. The molecule has 0 radical (unpaired) electrons. The van der Waals surface area contributed by atoms with E-state index in [4.69, 9.17) is 0 Å². The van der Waals surface area contributed by atoms with Crippen molar-refractivity contribution in [1.29, 1.82) is 0 Å². The molecule has 0 aliphatic carbocycles. The number of carboxylic acid groups (broad SMARTS) is 1. The second kappa shape index (κ2) is 4.85. The number of carboxylic acids is 1. The molecular weight excluding hydrogens is 296 g/mol. The topological polar surface area (TPSA) is 102 Å². The number of fused-ring (bicyclic) bond motifs is 1. The highest BCUT2D eigenvalue weighted by atomic mass is 32.1. The number of nitro groups is 1. The molecule has 3 heterocycles. The van der Waals surface area contributed by atoms with Crippen LogP contribution in [0.3, 0.4) is 0 Å². The lowest BCUT2D eigenvalue weighted by Gasteiger charge is -2.32. The molecule has 1 N–H and O–H groups in total. The quantitative estimate of drug-likeness (QED) is 0.682. The minimum atomic E-state index is -1.03. The number of anilines is 1. The highest BCUT2D eigenvalue weighted by Crippen LogP contribution is 2.39. The molecule has 0 spiro atoms. The highest BCUT2D eigenvalue weighted by Gasteiger charge is 2.38. The van der Waals surface area contributed by atoms with E-state index < -0.39 is 16.9 Å². The van der Waals surface area contributed by atoms with Crippen molar-refractivity contribution in [2.45, 2.75) is 12.5 Å². The molecule has 1 aliphatic rings. The number of aromatic nitrogens is 2. The van der Waals surface area contributed by atoms with E-state index in [1.807, 2.05) is 5.38 Å². The normalized spacial score (nSPS) is 17.6. The zero-order valence-electron chi connectivity index (χ0n) is 11.1. The number of hydrogen-bond acceptors (Lipinski definition) is 6. The first-order valence-corrected chi connectivity index (χ1v) is 7.10. The molecule has 1 unspecified atom stereocenters. The average molecular weight is 308 g/mol. The second-order valence-corrected chi connectivity index (χ2v) is 5.75. The molecule has 0 aromatic carbocycles. The number of hydrogen-bond donors (Lipinski definition) is 1. The molecular formula is C12H12N4O4S. The third-order valence-electron chi connectivity index (χ3n) is 3.46. The first-order chi connectivity index (χ1) is 9.99. The van der Waals surface area contributed by atoms with E-state index in [9.17, 15) is 20.0 Å². The van der Waals surface area contributed by atoms with Gasteiger partial charge in [0.1, 0.15) is 6.20 Å². The van der Waals surface area contributed by atoms with Gasteiger partial charge in [0, 0.05) is 18.5 Å². The molecule has 9 heteroatoms. The predicted octanol–water partition coefficient (Wildman–Crippen LogP) is 1.58. The van der Waals surface area contributed by atoms with Crippen molar-refractivity contribution in [3.8, 4) is 0 Å². The van der Waals surface area contributed by atoms with E-state index in [2.05, 4.69) is 5.10 Å². The number of aliphatic carboxylic acids is 1. The van der Waals surface area contributed by atoms with Gasteiger partial charge in [-0.3, -0.25) is 14.8 Å². The van der Waals surface area contributed by atoms with Gasteiger partial charge in [0.05, 0.1) is 4.92 Å². The van der Waals surface area contributed by atoms with Gasteiger partial charge in [-0.2, -0.15) is 0 Å². The summed E-state index contributed by atoms with van der Waals surface area (Å²) in [5.74, 6) is -0.930. The molecule has 21 heavy (non-hydrogen) atoms. The Kier molecular flexibility index (Phi) is 3.13.